The second-order valence-corrected chi connectivity index (χ2v) is 6.00. The number of likely N-dealkylation sites (N-methyl/N-ethyl adjacent to an activating group) is 1. The quantitative estimate of drug-likeness (QED) is 0.770. The minimum Gasteiger partial charge on any atom is -0.481 e. The molecule has 1 unspecified atom stereocenters. The van der Waals surface area contributed by atoms with Gasteiger partial charge in [-0.25, -0.2) is 4.39 Å². The van der Waals surface area contributed by atoms with Crippen LogP contribution < -0.4 is 10.1 Å². The van der Waals surface area contributed by atoms with Gasteiger partial charge >= 0.3 is 0 Å². The number of nitrogens with one attached hydrogen (secondary N) is 1. The highest BCUT2D eigenvalue weighted by Crippen LogP contribution is 2.13. The summed E-state index contributed by atoms with van der Waals surface area (Å²) in [5, 5.41) is 2.89. The number of benzene rings is 1. The van der Waals surface area contributed by atoms with Crippen LogP contribution in [0.3, 0.4) is 0 Å². The molecule has 0 spiro atoms. The van der Waals surface area contributed by atoms with Gasteiger partial charge in [0.25, 0.3) is 5.91 Å². The van der Waals surface area contributed by atoms with E-state index in [1.165, 1.54) is 24.3 Å². The summed E-state index contributed by atoms with van der Waals surface area (Å²) in [5.41, 5.74) is 0. The number of piperazine rings is 1. The van der Waals surface area contributed by atoms with Crippen LogP contribution >= 0.6 is 0 Å². The number of hydrogen-bond acceptors (Lipinski definition) is 4. The molecule has 2 rings (SSSR count). The van der Waals surface area contributed by atoms with E-state index < -0.39 is 6.10 Å². The monoisotopic (exact) mass is 323 g/mol. The van der Waals surface area contributed by atoms with Gasteiger partial charge in [-0.05, 0) is 51.2 Å². The largest absolute Gasteiger partial charge is 0.481 e. The molecule has 6 heteroatoms. The Morgan fingerprint density at radius 1 is 1.26 bits per heavy atom. The van der Waals surface area contributed by atoms with Crippen LogP contribution in [0.15, 0.2) is 24.3 Å². The van der Waals surface area contributed by atoms with Crippen LogP contribution in [-0.2, 0) is 4.79 Å². The second kappa shape index (κ2) is 8.84. The van der Waals surface area contributed by atoms with E-state index in [1.54, 1.807) is 6.92 Å². The highest BCUT2D eigenvalue weighted by molar-refractivity contribution is 5.80. The van der Waals surface area contributed by atoms with E-state index in [4.69, 9.17) is 4.74 Å². The molecule has 1 aromatic carbocycles. The van der Waals surface area contributed by atoms with Crippen molar-refractivity contribution in [3.63, 3.8) is 0 Å². The Morgan fingerprint density at radius 3 is 2.57 bits per heavy atom. The molecule has 128 valence electrons. The minimum absolute atomic E-state index is 0.146. The maximum Gasteiger partial charge on any atom is 0.260 e. The van der Waals surface area contributed by atoms with E-state index in [9.17, 15) is 9.18 Å². The number of rotatable bonds is 7. The van der Waals surface area contributed by atoms with Crippen molar-refractivity contribution in [2.75, 3.05) is 46.3 Å². The van der Waals surface area contributed by atoms with E-state index in [1.807, 2.05) is 0 Å². The van der Waals surface area contributed by atoms with Crippen LogP contribution in [0.1, 0.15) is 13.3 Å². The summed E-state index contributed by atoms with van der Waals surface area (Å²) in [5.74, 6) is 0.0255. The van der Waals surface area contributed by atoms with Gasteiger partial charge in [0, 0.05) is 32.7 Å². The fraction of sp³-hybridized carbons (Fsp3) is 0.588. The maximum absolute atomic E-state index is 12.8. The third-order valence-electron chi connectivity index (χ3n) is 4.04. The average molecular weight is 323 g/mol. The smallest absolute Gasteiger partial charge is 0.260 e. The van der Waals surface area contributed by atoms with Crippen LogP contribution in [0.2, 0.25) is 0 Å². The Balaban J connectivity index is 1.61. The Hall–Kier alpha value is -1.66. The lowest BCUT2D eigenvalue weighted by molar-refractivity contribution is -0.127. The molecule has 1 aliphatic rings. The predicted molar refractivity (Wildman–Crippen MR) is 88.1 cm³/mol. The Bertz CT molecular complexity index is 487. The number of carbonyl (C=O) groups excluding carboxylic acids is 1. The van der Waals surface area contributed by atoms with Gasteiger partial charge in [0.05, 0.1) is 0 Å². The van der Waals surface area contributed by atoms with Crippen LogP contribution in [0.25, 0.3) is 0 Å². The topological polar surface area (TPSA) is 44.8 Å². The first kappa shape index (κ1) is 17.7. The molecule has 23 heavy (non-hydrogen) atoms. The zero-order valence-electron chi connectivity index (χ0n) is 13.9. The van der Waals surface area contributed by atoms with E-state index in [0.29, 0.717) is 12.3 Å². The molecule has 0 aliphatic carbocycles. The lowest BCUT2D eigenvalue weighted by Gasteiger charge is -2.32. The van der Waals surface area contributed by atoms with Gasteiger partial charge in [-0.15, -0.1) is 0 Å². The van der Waals surface area contributed by atoms with Gasteiger partial charge in [0.1, 0.15) is 11.6 Å². The van der Waals surface area contributed by atoms with Crippen molar-refractivity contribution < 1.29 is 13.9 Å². The number of ether oxygens (including phenoxy) is 1. The summed E-state index contributed by atoms with van der Waals surface area (Å²) < 4.78 is 18.3. The van der Waals surface area contributed by atoms with Crippen LogP contribution in [-0.4, -0.2) is 68.1 Å². The highest BCUT2D eigenvalue weighted by Gasteiger charge is 2.15. The fourth-order valence-corrected chi connectivity index (χ4v) is 2.50. The van der Waals surface area contributed by atoms with E-state index in [0.717, 1.165) is 39.1 Å². The van der Waals surface area contributed by atoms with Crippen LogP contribution in [0.5, 0.6) is 5.75 Å². The van der Waals surface area contributed by atoms with Crippen molar-refractivity contribution in [2.24, 2.45) is 0 Å². The lowest BCUT2D eigenvalue weighted by Crippen LogP contribution is -2.45. The van der Waals surface area contributed by atoms with Gasteiger partial charge < -0.3 is 19.9 Å². The molecule has 1 atom stereocenters. The molecule has 1 heterocycles. The van der Waals surface area contributed by atoms with Gasteiger partial charge in [0.2, 0.25) is 0 Å². The Labute approximate surface area is 137 Å². The average Bonchev–Trinajstić information content (AvgIpc) is 2.55. The first-order valence-electron chi connectivity index (χ1n) is 8.15. The molecule has 1 N–H and O–H groups in total. The standard InChI is InChI=1S/C17H26FN3O2/c1-14(23-16-6-4-15(18)5-7-16)17(22)19-8-3-9-21-12-10-20(2)11-13-21/h4-7,14H,3,8-13H2,1-2H3,(H,19,22). The number of nitrogens with zero attached hydrogens (tertiary/aromatic N) is 2. The molecule has 0 radical (unpaired) electrons. The second-order valence-electron chi connectivity index (χ2n) is 6.00. The molecule has 1 aromatic rings. The zero-order chi connectivity index (χ0) is 16.7. The zero-order valence-corrected chi connectivity index (χ0v) is 13.9. The van der Waals surface area contributed by atoms with Crippen molar-refractivity contribution in [3.8, 4) is 5.75 Å². The van der Waals surface area contributed by atoms with Crippen LogP contribution in [0, 0.1) is 5.82 Å². The Kier molecular flexibility index (Phi) is 6.80. The third-order valence-corrected chi connectivity index (χ3v) is 4.04. The van der Waals surface area contributed by atoms with Crippen molar-refractivity contribution >= 4 is 5.91 Å². The number of hydrogen-bond donors (Lipinski definition) is 1. The molecule has 0 bridgehead atoms. The highest BCUT2D eigenvalue weighted by atomic mass is 19.1. The number of carbonyl (C=O) groups is 1. The summed E-state index contributed by atoms with van der Waals surface area (Å²) in [6.07, 6.45) is 0.336. The number of halogens is 1. The van der Waals surface area contributed by atoms with E-state index >= 15 is 0 Å². The molecule has 1 aliphatic heterocycles. The lowest BCUT2D eigenvalue weighted by atomic mass is 10.3. The molecular formula is C17H26FN3O2. The normalized spacial score (nSPS) is 17.7. The molecule has 0 aromatic heterocycles. The number of amides is 1. The molecule has 1 amide bonds. The summed E-state index contributed by atoms with van der Waals surface area (Å²) in [4.78, 5) is 16.7. The first-order chi connectivity index (χ1) is 11.0. The van der Waals surface area contributed by atoms with Gasteiger partial charge in [-0.3, -0.25) is 4.79 Å². The molecule has 5 nitrogen and oxygen atoms in total. The predicted octanol–water partition coefficient (Wildman–Crippen LogP) is 1.35. The first-order valence-corrected chi connectivity index (χ1v) is 8.15. The minimum atomic E-state index is -0.593. The summed E-state index contributed by atoms with van der Waals surface area (Å²) in [7, 11) is 2.14. The fourth-order valence-electron chi connectivity index (χ4n) is 2.50. The molecule has 1 saturated heterocycles. The maximum atomic E-state index is 12.8. The van der Waals surface area contributed by atoms with E-state index in [2.05, 4.69) is 22.2 Å². The molecule has 0 saturated carbocycles. The molecule has 1 fully saturated rings. The summed E-state index contributed by atoms with van der Waals surface area (Å²) >= 11 is 0. The van der Waals surface area contributed by atoms with Gasteiger partial charge in [-0.2, -0.15) is 0 Å². The molecular weight excluding hydrogens is 297 g/mol. The Morgan fingerprint density at radius 2 is 1.91 bits per heavy atom. The van der Waals surface area contributed by atoms with Gasteiger partial charge in [-0.1, -0.05) is 0 Å². The summed E-state index contributed by atoms with van der Waals surface area (Å²) in [6.45, 7) is 7.73. The van der Waals surface area contributed by atoms with E-state index in [-0.39, 0.29) is 11.7 Å². The van der Waals surface area contributed by atoms with Crippen LogP contribution in [0.4, 0.5) is 4.39 Å². The summed E-state index contributed by atoms with van der Waals surface area (Å²) in [6, 6.07) is 5.67. The third kappa shape index (κ3) is 6.15. The van der Waals surface area contributed by atoms with Crippen molar-refractivity contribution in [3.05, 3.63) is 30.1 Å². The van der Waals surface area contributed by atoms with Gasteiger partial charge in [0.15, 0.2) is 6.10 Å². The van der Waals surface area contributed by atoms with Crippen molar-refractivity contribution in [1.82, 2.24) is 15.1 Å². The van der Waals surface area contributed by atoms with Crippen molar-refractivity contribution in [2.45, 2.75) is 19.4 Å². The van der Waals surface area contributed by atoms with Crippen molar-refractivity contribution in [1.29, 1.82) is 0 Å². The SMILES string of the molecule is CC(Oc1ccc(F)cc1)C(=O)NCCCN1CCN(C)CC1.